The van der Waals surface area contributed by atoms with Crippen LogP contribution >= 0.6 is 0 Å². The Hall–Kier alpha value is -1.39. The van der Waals surface area contributed by atoms with E-state index in [1.807, 2.05) is 0 Å². The first-order chi connectivity index (χ1) is 13.8. The maximum Gasteiger partial charge on any atom is 0.220 e. The molecule has 4 rings (SSSR count). The molecule has 154 valence electrons. The quantitative estimate of drug-likeness (QED) is 0.785. The second kappa shape index (κ2) is 9.89. The largest absolute Gasteiger partial charge is 0.356 e. The summed E-state index contributed by atoms with van der Waals surface area (Å²) >= 11 is 0. The van der Waals surface area contributed by atoms with E-state index in [9.17, 15) is 4.79 Å². The fraction of sp³-hybridized carbons (Fsp3) is 0.708. The van der Waals surface area contributed by atoms with Gasteiger partial charge in [-0.3, -0.25) is 4.79 Å². The third-order valence-electron chi connectivity index (χ3n) is 7.29. The number of hydrogen-bond acceptors (Lipinski definition) is 3. The Morgan fingerprint density at radius 3 is 2.14 bits per heavy atom. The molecular weight excluding hydrogens is 346 g/mol. The van der Waals surface area contributed by atoms with Gasteiger partial charge < -0.3 is 15.1 Å². The lowest BCUT2D eigenvalue weighted by molar-refractivity contribution is -0.119. The lowest BCUT2D eigenvalue weighted by Gasteiger charge is -2.40. The van der Waals surface area contributed by atoms with Crippen LogP contribution in [-0.4, -0.2) is 61.5 Å². The number of carbonyl (C=O) groups excluding carboxylic acids is 1. The Morgan fingerprint density at radius 2 is 1.54 bits per heavy atom. The van der Waals surface area contributed by atoms with E-state index in [4.69, 9.17) is 0 Å². The van der Waals surface area contributed by atoms with Crippen molar-refractivity contribution in [3.8, 4) is 0 Å². The summed E-state index contributed by atoms with van der Waals surface area (Å²) in [5, 5.41) is 2.98. The molecule has 0 radical (unpaired) electrons. The van der Waals surface area contributed by atoms with Crippen LogP contribution in [0.3, 0.4) is 0 Å². The zero-order valence-electron chi connectivity index (χ0n) is 17.3. The van der Waals surface area contributed by atoms with Gasteiger partial charge in [-0.1, -0.05) is 30.3 Å². The van der Waals surface area contributed by atoms with Gasteiger partial charge in [0.05, 0.1) is 0 Å². The molecule has 3 saturated heterocycles. The fourth-order valence-electron chi connectivity index (χ4n) is 5.57. The van der Waals surface area contributed by atoms with Gasteiger partial charge >= 0.3 is 0 Å². The third kappa shape index (κ3) is 5.57. The molecule has 0 aromatic heterocycles. The van der Waals surface area contributed by atoms with Crippen molar-refractivity contribution in [2.75, 3.05) is 45.8 Å². The highest BCUT2D eigenvalue weighted by Crippen LogP contribution is 2.33. The maximum absolute atomic E-state index is 11.4. The van der Waals surface area contributed by atoms with Crippen LogP contribution in [0, 0.1) is 17.8 Å². The third-order valence-corrected chi connectivity index (χ3v) is 7.29. The number of benzene rings is 1. The molecule has 3 fully saturated rings. The Morgan fingerprint density at radius 1 is 0.893 bits per heavy atom. The number of amides is 1. The number of aryl methyl sites for hydroxylation is 1. The average Bonchev–Trinajstić information content (AvgIpc) is 3.15. The molecule has 1 N–H and O–H groups in total. The summed E-state index contributed by atoms with van der Waals surface area (Å²) < 4.78 is 0. The topological polar surface area (TPSA) is 35.6 Å². The predicted octanol–water partition coefficient (Wildman–Crippen LogP) is 3.18. The molecule has 0 spiro atoms. The molecule has 3 aliphatic heterocycles. The minimum Gasteiger partial charge on any atom is -0.356 e. The van der Waals surface area contributed by atoms with Crippen LogP contribution in [0.1, 0.15) is 44.1 Å². The molecule has 1 amide bonds. The molecule has 3 heterocycles. The van der Waals surface area contributed by atoms with E-state index < -0.39 is 0 Å². The molecule has 3 aliphatic rings. The molecule has 1 aromatic carbocycles. The molecule has 0 bridgehead atoms. The smallest absolute Gasteiger partial charge is 0.220 e. The highest BCUT2D eigenvalue weighted by atomic mass is 16.1. The van der Waals surface area contributed by atoms with Gasteiger partial charge in [0.15, 0.2) is 0 Å². The van der Waals surface area contributed by atoms with Gasteiger partial charge in [-0.25, -0.2) is 0 Å². The first kappa shape index (κ1) is 19.9. The van der Waals surface area contributed by atoms with Crippen LogP contribution in [-0.2, 0) is 11.2 Å². The zero-order chi connectivity index (χ0) is 19.2. The van der Waals surface area contributed by atoms with Crippen LogP contribution in [0.2, 0.25) is 0 Å². The van der Waals surface area contributed by atoms with Crippen molar-refractivity contribution >= 4 is 5.91 Å². The average molecular weight is 384 g/mol. The zero-order valence-corrected chi connectivity index (χ0v) is 17.3. The van der Waals surface area contributed by atoms with Gasteiger partial charge in [-0.05, 0) is 94.6 Å². The standard InChI is InChI=1S/C24H37N3O/c28-24-17-21(18-25-24)19-27-15-10-23(11-16-27)22-8-13-26(14-9-22)12-4-7-20-5-2-1-3-6-20/h1-3,5-6,21-23H,4,7-19H2,(H,25,28). The second-order valence-electron chi connectivity index (χ2n) is 9.28. The molecule has 4 nitrogen and oxygen atoms in total. The molecule has 28 heavy (non-hydrogen) atoms. The normalized spacial score (nSPS) is 25.9. The van der Waals surface area contributed by atoms with E-state index >= 15 is 0 Å². The minimum atomic E-state index is 0.246. The predicted molar refractivity (Wildman–Crippen MR) is 114 cm³/mol. The van der Waals surface area contributed by atoms with E-state index in [-0.39, 0.29) is 5.91 Å². The van der Waals surface area contributed by atoms with Crippen LogP contribution < -0.4 is 5.32 Å². The van der Waals surface area contributed by atoms with Crippen LogP contribution in [0.4, 0.5) is 0 Å². The van der Waals surface area contributed by atoms with Crippen molar-refractivity contribution in [3.05, 3.63) is 35.9 Å². The number of rotatable bonds is 7. The highest BCUT2D eigenvalue weighted by molar-refractivity contribution is 5.78. The van der Waals surface area contributed by atoms with Crippen LogP contribution in [0.25, 0.3) is 0 Å². The molecule has 4 heteroatoms. The molecule has 0 aliphatic carbocycles. The number of carbonyl (C=O) groups is 1. The summed E-state index contributed by atoms with van der Waals surface area (Å²) in [7, 11) is 0. The van der Waals surface area contributed by atoms with Gasteiger partial charge in [-0.15, -0.1) is 0 Å². The van der Waals surface area contributed by atoms with Crippen molar-refractivity contribution in [2.45, 2.75) is 44.9 Å². The molecular formula is C24H37N3O. The minimum absolute atomic E-state index is 0.246. The summed E-state index contributed by atoms with van der Waals surface area (Å²) in [6.45, 7) is 8.35. The van der Waals surface area contributed by atoms with Crippen molar-refractivity contribution in [3.63, 3.8) is 0 Å². The lowest BCUT2D eigenvalue weighted by Crippen LogP contribution is -2.42. The van der Waals surface area contributed by atoms with Gasteiger partial charge in [0, 0.05) is 19.5 Å². The fourth-order valence-corrected chi connectivity index (χ4v) is 5.57. The van der Waals surface area contributed by atoms with Gasteiger partial charge in [0.2, 0.25) is 5.91 Å². The van der Waals surface area contributed by atoms with E-state index in [2.05, 4.69) is 45.4 Å². The van der Waals surface area contributed by atoms with E-state index in [1.54, 1.807) is 0 Å². The van der Waals surface area contributed by atoms with Crippen molar-refractivity contribution < 1.29 is 4.79 Å². The van der Waals surface area contributed by atoms with Gasteiger partial charge in [-0.2, -0.15) is 0 Å². The second-order valence-corrected chi connectivity index (χ2v) is 9.28. The number of piperidine rings is 2. The Bertz CT molecular complexity index is 604. The number of nitrogens with one attached hydrogen (secondary N) is 1. The molecule has 0 saturated carbocycles. The maximum atomic E-state index is 11.4. The summed E-state index contributed by atoms with van der Waals surface area (Å²) in [5.74, 6) is 2.67. The Balaban J connectivity index is 1.11. The lowest BCUT2D eigenvalue weighted by atomic mass is 9.78. The first-order valence-electron chi connectivity index (χ1n) is 11.5. The molecule has 1 unspecified atom stereocenters. The van der Waals surface area contributed by atoms with Gasteiger partial charge in [0.1, 0.15) is 0 Å². The number of nitrogens with zero attached hydrogens (tertiary/aromatic N) is 2. The summed E-state index contributed by atoms with van der Waals surface area (Å²) in [5.41, 5.74) is 1.47. The van der Waals surface area contributed by atoms with E-state index in [0.717, 1.165) is 31.3 Å². The number of likely N-dealkylation sites (tertiary alicyclic amines) is 2. The van der Waals surface area contributed by atoms with Gasteiger partial charge in [0.25, 0.3) is 0 Å². The van der Waals surface area contributed by atoms with Crippen LogP contribution in [0.5, 0.6) is 0 Å². The summed E-state index contributed by atoms with van der Waals surface area (Å²) in [6.07, 6.45) is 8.77. The summed E-state index contributed by atoms with van der Waals surface area (Å²) in [6, 6.07) is 10.9. The first-order valence-corrected chi connectivity index (χ1v) is 11.5. The monoisotopic (exact) mass is 383 g/mol. The van der Waals surface area contributed by atoms with Crippen molar-refractivity contribution in [1.82, 2.24) is 15.1 Å². The highest BCUT2D eigenvalue weighted by Gasteiger charge is 2.31. The molecule has 1 aromatic rings. The van der Waals surface area contributed by atoms with Crippen molar-refractivity contribution in [1.29, 1.82) is 0 Å². The van der Waals surface area contributed by atoms with E-state index in [0.29, 0.717) is 5.92 Å². The summed E-state index contributed by atoms with van der Waals surface area (Å²) in [4.78, 5) is 16.7. The number of hydrogen-bond donors (Lipinski definition) is 1. The Kier molecular flexibility index (Phi) is 7.03. The van der Waals surface area contributed by atoms with E-state index in [1.165, 1.54) is 76.8 Å². The molecule has 1 atom stereocenters. The van der Waals surface area contributed by atoms with Crippen molar-refractivity contribution in [2.24, 2.45) is 17.8 Å². The SMILES string of the molecule is O=C1CC(CN2CCC(C3CCN(CCCc4ccccc4)CC3)CC2)CN1. The Labute approximate surface area is 170 Å². The van der Waals surface area contributed by atoms with Crippen LogP contribution in [0.15, 0.2) is 30.3 Å².